The van der Waals surface area contributed by atoms with Gasteiger partial charge < -0.3 is 14.9 Å². The van der Waals surface area contributed by atoms with E-state index in [4.69, 9.17) is 4.74 Å². The molecular formula is C20H32O3. The Bertz CT molecular complexity index is 485. The summed E-state index contributed by atoms with van der Waals surface area (Å²) in [6.07, 6.45) is 8.95. The van der Waals surface area contributed by atoms with E-state index in [1.165, 1.54) is 11.1 Å². The average molecular weight is 320 g/mol. The van der Waals surface area contributed by atoms with Gasteiger partial charge in [-0.25, -0.2) is 0 Å². The highest BCUT2D eigenvalue weighted by Crippen LogP contribution is 2.41. The van der Waals surface area contributed by atoms with Gasteiger partial charge in [0.2, 0.25) is 0 Å². The summed E-state index contributed by atoms with van der Waals surface area (Å²) in [5, 5.41) is 21.2. The molecule has 1 aliphatic heterocycles. The van der Waals surface area contributed by atoms with Crippen molar-refractivity contribution in [2.45, 2.75) is 65.8 Å². The molecule has 0 amide bonds. The van der Waals surface area contributed by atoms with E-state index >= 15 is 0 Å². The normalized spacial score (nSPS) is 37.3. The lowest BCUT2D eigenvalue weighted by Crippen LogP contribution is -2.37. The Morgan fingerprint density at radius 2 is 2.09 bits per heavy atom. The Morgan fingerprint density at radius 1 is 1.35 bits per heavy atom. The van der Waals surface area contributed by atoms with Crippen LogP contribution in [0.25, 0.3) is 0 Å². The van der Waals surface area contributed by atoms with Crippen molar-refractivity contribution < 1.29 is 14.9 Å². The van der Waals surface area contributed by atoms with Gasteiger partial charge in [0.25, 0.3) is 0 Å². The van der Waals surface area contributed by atoms with Crippen molar-refractivity contribution in [1.82, 2.24) is 0 Å². The van der Waals surface area contributed by atoms with E-state index in [9.17, 15) is 10.2 Å². The smallest absolute Gasteiger partial charge is 0.161 e. The van der Waals surface area contributed by atoms with E-state index in [1.54, 1.807) is 0 Å². The molecule has 1 saturated heterocycles. The van der Waals surface area contributed by atoms with Gasteiger partial charge in [-0.05, 0) is 63.9 Å². The van der Waals surface area contributed by atoms with Gasteiger partial charge in [-0.3, -0.25) is 0 Å². The summed E-state index contributed by atoms with van der Waals surface area (Å²) < 4.78 is 5.50. The first kappa shape index (κ1) is 18.4. The molecule has 0 unspecified atom stereocenters. The SMILES string of the molecule is CC(C)=CCC[C@@H](C)[C@H]1[C@H]2/C(=C/C/C(C)=C/C[C@H]1O)CO[C@@H]2O. The lowest BCUT2D eigenvalue weighted by Gasteiger charge is -2.34. The van der Waals surface area contributed by atoms with Crippen LogP contribution in [0.4, 0.5) is 0 Å². The van der Waals surface area contributed by atoms with Crippen LogP contribution in [0.3, 0.4) is 0 Å². The minimum absolute atomic E-state index is 0.0338. The number of hydrogen-bond acceptors (Lipinski definition) is 3. The highest BCUT2D eigenvalue weighted by molar-refractivity contribution is 5.20. The molecule has 3 heteroatoms. The fourth-order valence-electron chi connectivity index (χ4n) is 3.85. The second-order valence-electron chi connectivity index (χ2n) is 7.48. The Balaban J connectivity index is 2.22. The standard InChI is InChI=1S/C20H32O3/c1-13(2)6-5-7-15(4)18-17(21)11-9-14(3)8-10-16-12-23-20(22)19(16)18/h6,9-10,15,17-22H,5,7-8,11-12H2,1-4H3/b14-9+,16-10+/t15-,17-,18-,19-,20+/m1/s1. The van der Waals surface area contributed by atoms with Gasteiger partial charge >= 0.3 is 0 Å². The fourth-order valence-corrected chi connectivity index (χ4v) is 3.85. The summed E-state index contributed by atoms with van der Waals surface area (Å²) in [4.78, 5) is 0. The summed E-state index contributed by atoms with van der Waals surface area (Å²) in [7, 11) is 0. The van der Waals surface area contributed by atoms with Crippen molar-refractivity contribution in [1.29, 1.82) is 0 Å². The molecule has 130 valence electrons. The Labute approximate surface area is 140 Å². The maximum absolute atomic E-state index is 10.8. The molecule has 2 N–H and O–H groups in total. The molecule has 0 radical (unpaired) electrons. The van der Waals surface area contributed by atoms with Gasteiger partial charge in [-0.2, -0.15) is 0 Å². The topological polar surface area (TPSA) is 49.7 Å². The van der Waals surface area contributed by atoms with Crippen LogP contribution in [-0.4, -0.2) is 29.2 Å². The van der Waals surface area contributed by atoms with E-state index in [0.717, 1.165) is 24.8 Å². The zero-order valence-corrected chi connectivity index (χ0v) is 15.0. The molecule has 1 aliphatic carbocycles. The lowest BCUT2D eigenvalue weighted by molar-refractivity contribution is -0.111. The predicted octanol–water partition coefficient (Wildman–Crippen LogP) is 3.98. The second-order valence-corrected chi connectivity index (χ2v) is 7.48. The van der Waals surface area contributed by atoms with Crippen LogP contribution in [0.15, 0.2) is 34.9 Å². The van der Waals surface area contributed by atoms with Crippen LogP contribution in [0.2, 0.25) is 0 Å². The van der Waals surface area contributed by atoms with E-state index in [0.29, 0.717) is 18.9 Å². The zero-order chi connectivity index (χ0) is 17.0. The summed E-state index contributed by atoms with van der Waals surface area (Å²) in [5.41, 5.74) is 3.76. The first-order valence-electron chi connectivity index (χ1n) is 8.85. The quantitative estimate of drug-likeness (QED) is 0.770. The predicted molar refractivity (Wildman–Crippen MR) is 93.8 cm³/mol. The number of rotatable bonds is 4. The summed E-state index contributed by atoms with van der Waals surface area (Å²) in [6, 6.07) is 0. The van der Waals surface area contributed by atoms with Crippen LogP contribution in [0.1, 0.15) is 53.4 Å². The number of fused-ring (bicyclic) bond motifs is 1. The highest BCUT2D eigenvalue weighted by Gasteiger charge is 2.42. The first-order valence-corrected chi connectivity index (χ1v) is 8.85. The van der Waals surface area contributed by atoms with Crippen molar-refractivity contribution in [3.05, 3.63) is 34.9 Å². The van der Waals surface area contributed by atoms with Gasteiger partial charge in [-0.15, -0.1) is 0 Å². The Morgan fingerprint density at radius 3 is 2.78 bits per heavy atom. The van der Waals surface area contributed by atoms with Gasteiger partial charge in [0.1, 0.15) is 0 Å². The second kappa shape index (κ2) is 8.27. The summed E-state index contributed by atoms with van der Waals surface area (Å²) in [6.45, 7) is 9.02. The number of ether oxygens (including phenoxy) is 1. The number of aliphatic hydroxyl groups excluding tert-OH is 2. The molecule has 23 heavy (non-hydrogen) atoms. The van der Waals surface area contributed by atoms with Crippen LogP contribution >= 0.6 is 0 Å². The maximum atomic E-state index is 10.8. The van der Waals surface area contributed by atoms with Crippen molar-refractivity contribution in [2.24, 2.45) is 17.8 Å². The van der Waals surface area contributed by atoms with Gasteiger partial charge in [-0.1, -0.05) is 36.3 Å². The molecule has 5 atom stereocenters. The van der Waals surface area contributed by atoms with Gasteiger partial charge in [0.15, 0.2) is 6.29 Å². The number of allylic oxidation sites excluding steroid dienone is 4. The zero-order valence-electron chi connectivity index (χ0n) is 15.0. The largest absolute Gasteiger partial charge is 0.392 e. The molecular weight excluding hydrogens is 288 g/mol. The van der Waals surface area contributed by atoms with Gasteiger partial charge in [0, 0.05) is 5.92 Å². The number of aliphatic hydroxyl groups is 2. The molecule has 0 saturated carbocycles. The number of hydrogen-bond donors (Lipinski definition) is 2. The minimum Gasteiger partial charge on any atom is -0.392 e. The molecule has 2 rings (SSSR count). The van der Waals surface area contributed by atoms with Crippen LogP contribution in [0, 0.1) is 17.8 Å². The first-order chi connectivity index (χ1) is 10.9. The molecule has 0 aromatic rings. The molecule has 1 heterocycles. The third kappa shape index (κ3) is 4.79. The van der Waals surface area contributed by atoms with Crippen molar-refractivity contribution in [2.75, 3.05) is 6.61 Å². The van der Waals surface area contributed by atoms with E-state index < -0.39 is 12.4 Å². The molecule has 2 aliphatic rings. The molecule has 0 spiro atoms. The van der Waals surface area contributed by atoms with Gasteiger partial charge in [0.05, 0.1) is 12.7 Å². The third-order valence-electron chi connectivity index (χ3n) is 5.24. The Kier molecular flexibility index (Phi) is 6.63. The summed E-state index contributed by atoms with van der Waals surface area (Å²) in [5.74, 6) is 0.287. The molecule has 0 aromatic heterocycles. The fraction of sp³-hybridized carbons (Fsp3) is 0.700. The minimum atomic E-state index is -0.787. The molecule has 3 nitrogen and oxygen atoms in total. The lowest BCUT2D eigenvalue weighted by atomic mass is 9.73. The van der Waals surface area contributed by atoms with Crippen LogP contribution < -0.4 is 0 Å². The molecule has 1 fully saturated rings. The maximum Gasteiger partial charge on any atom is 0.161 e. The van der Waals surface area contributed by atoms with Crippen molar-refractivity contribution in [3.63, 3.8) is 0 Å². The van der Waals surface area contributed by atoms with E-state index in [-0.39, 0.29) is 11.8 Å². The van der Waals surface area contributed by atoms with E-state index in [2.05, 4.69) is 45.9 Å². The van der Waals surface area contributed by atoms with Crippen LogP contribution in [-0.2, 0) is 4.74 Å². The van der Waals surface area contributed by atoms with Crippen LogP contribution in [0.5, 0.6) is 0 Å². The Hall–Kier alpha value is -0.900. The monoisotopic (exact) mass is 320 g/mol. The average Bonchev–Trinajstić information content (AvgIpc) is 2.85. The van der Waals surface area contributed by atoms with E-state index in [1.807, 2.05) is 0 Å². The summed E-state index contributed by atoms with van der Waals surface area (Å²) >= 11 is 0. The van der Waals surface area contributed by atoms with Crippen molar-refractivity contribution >= 4 is 0 Å². The highest BCUT2D eigenvalue weighted by atomic mass is 16.6. The van der Waals surface area contributed by atoms with Crippen molar-refractivity contribution in [3.8, 4) is 0 Å². The third-order valence-corrected chi connectivity index (χ3v) is 5.24. The molecule has 0 bridgehead atoms. The molecule has 0 aromatic carbocycles.